The molecule has 5 nitrogen and oxygen atoms in total. The molecule has 0 bridgehead atoms. The number of methoxy groups -OCH3 is 1. The van der Waals surface area contributed by atoms with Crippen LogP contribution in [0, 0.1) is 0 Å². The summed E-state index contributed by atoms with van der Waals surface area (Å²) >= 11 is 3.40. The molecule has 0 aliphatic carbocycles. The standard InChI is InChI=1S/C12H14BrN3O2/c1-16-7-9(14-15-16)6-11(17)8-3-4-12(18-2)10(13)5-8/h3-5,7,11,17H,6H2,1-2H3. The van der Waals surface area contributed by atoms with Gasteiger partial charge in [0.25, 0.3) is 0 Å². The summed E-state index contributed by atoms with van der Waals surface area (Å²) in [5, 5.41) is 17.9. The number of aliphatic hydroxyl groups is 1. The van der Waals surface area contributed by atoms with Crippen molar-refractivity contribution in [2.24, 2.45) is 7.05 Å². The Morgan fingerprint density at radius 3 is 2.83 bits per heavy atom. The van der Waals surface area contributed by atoms with E-state index in [-0.39, 0.29) is 0 Å². The molecule has 1 aromatic carbocycles. The van der Waals surface area contributed by atoms with Gasteiger partial charge in [0.15, 0.2) is 0 Å². The van der Waals surface area contributed by atoms with Crippen LogP contribution in [0.4, 0.5) is 0 Å². The lowest BCUT2D eigenvalue weighted by molar-refractivity contribution is 0.177. The number of hydrogen-bond donors (Lipinski definition) is 1. The summed E-state index contributed by atoms with van der Waals surface area (Å²) < 4.78 is 7.58. The third kappa shape index (κ3) is 2.88. The minimum Gasteiger partial charge on any atom is -0.496 e. The lowest BCUT2D eigenvalue weighted by Gasteiger charge is -2.11. The average molecular weight is 312 g/mol. The number of aryl methyl sites for hydroxylation is 1. The third-order valence-electron chi connectivity index (χ3n) is 2.61. The van der Waals surface area contributed by atoms with Gasteiger partial charge in [-0.3, -0.25) is 4.68 Å². The van der Waals surface area contributed by atoms with Crippen LogP contribution in [0.15, 0.2) is 28.9 Å². The summed E-state index contributed by atoms with van der Waals surface area (Å²) in [5.74, 6) is 0.741. The van der Waals surface area contributed by atoms with Gasteiger partial charge in [-0.15, -0.1) is 5.10 Å². The minimum absolute atomic E-state index is 0.437. The van der Waals surface area contributed by atoms with Crippen LogP contribution in [0.3, 0.4) is 0 Å². The van der Waals surface area contributed by atoms with E-state index in [0.717, 1.165) is 21.5 Å². The van der Waals surface area contributed by atoms with Crippen LogP contribution in [-0.4, -0.2) is 27.2 Å². The molecular weight excluding hydrogens is 298 g/mol. The van der Waals surface area contributed by atoms with Crippen molar-refractivity contribution in [3.8, 4) is 5.75 Å². The first-order valence-corrected chi connectivity index (χ1v) is 6.26. The molecule has 2 aromatic rings. The molecule has 96 valence electrons. The van der Waals surface area contributed by atoms with Gasteiger partial charge in [-0.05, 0) is 33.6 Å². The first kappa shape index (κ1) is 13.0. The van der Waals surface area contributed by atoms with E-state index in [0.29, 0.717) is 6.42 Å². The van der Waals surface area contributed by atoms with E-state index in [2.05, 4.69) is 26.2 Å². The molecule has 0 aliphatic rings. The molecule has 1 unspecified atom stereocenters. The van der Waals surface area contributed by atoms with Crippen molar-refractivity contribution in [3.63, 3.8) is 0 Å². The Kier molecular flexibility index (Phi) is 3.98. The summed E-state index contributed by atoms with van der Waals surface area (Å²) in [6.07, 6.45) is 1.62. The smallest absolute Gasteiger partial charge is 0.133 e. The molecule has 18 heavy (non-hydrogen) atoms. The van der Waals surface area contributed by atoms with Crippen LogP contribution in [0.2, 0.25) is 0 Å². The predicted octanol–water partition coefficient (Wildman–Crippen LogP) is 1.86. The van der Waals surface area contributed by atoms with Gasteiger partial charge in [-0.25, -0.2) is 0 Å². The van der Waals surface area contributed by atoms with Gasteiger partial charge in [0.1, 0.15) is 5.75 Å². The maximum Gasteiger partial charge on any atom is 0.133 e. The Hall–Kier alpha value is -1.40. The van der Waals surface area contributed by atoms with Gasteiger partial charge in [-0.2, -0.15) is 0 Å². The molecule has 6 heteroatoms. The zero-order valence-corrected chi connectivity index (χ0v) is 11.8. The maximum atomic E-state index is 10.1. The SMILES string of the molecule is COc1ccc(C(O)Cc2cn(C)nn2)cc1Br. The van der Waals surface area contributed by atoms with Crippen LogP contribution in [-0.2, 0) is 13.5 Å². The Balaban J connectivity index is 2.13. The van der Waals surface area contributed by atoms with Crippen molar-refractivity contribution < 1.29 is 9.84 Å². The van der Waals surface area contributed by atoms with Gasteiger partial charge >= 0.3 is 0 Å². The lowest BCUT2D eigenvalue weighted by atomic mass is 10.1. The second kappa shape index (κ2) is 5.49. The highest BCUT2D eigenvalue weighted by Crippen LogP contribution is 2.28. The summed E-state index contributed by atoms with van der Waals surface area (Å²) in [4.78, 5) is 0. The molecule has 0 amide bonds. The lowest BCUT2D eigenvalue weighted by Crippen LogP contribution is -2.02. The summed E-state index contributed by atoms with van der Waals surface area (Å²) in [5.41, 5.74) is 1.57. The van der Waals surface area contributed by atoms with E-state index in [1.165, 1.54) is 0 Å². The quantitative estimate of drug-likeness (QED) is 0.936. The third-order valence-corrected chi connectivity index (χ3v) is 3.23. The van der Waals surface area contributed by atoms with Gasteiger partial charge < -0.3 is 9.84 Å². The maximum absolute atomic E-state index is 10.1. The number of aliphatic hydroxyl groups excluding tert-OH is 1. The van der Waals surface area contributed by atoms with Gasteiger partial charge in [0, 0.05) is 19.7 Å². The van der Waals surface area contributed by atoms with Gasteiger partial charge in [0.2, 0.25) is 0 Å². The van der Waals surface area contributed by atoms with E-state index in [1.807, 2.05) is 18.2 Å². The molecule has 0 fully saturated rings. The number of halogens is 1. The molecule has 0 radical (unpaired) electrons. The van der Waals surface area contributed by atoms with Crippen molar-refractivity contribution >= 4 is 15.9 Å². The number of ether oxygens (including phenoxy) is 1. The molecular formula is C12H14BrN3O2. The highest BCUT2D eigenvalue weighted by Gasteiger charge is 2.12. The molecule has 1 N–H and O–H groups in total. The highest BCUT2D eigenvalue weighted by molar-refractivity contribution is 9.10. The Labute approximate surface area is 114 Å². The first-order valence-electron chi connectivity index (χ1n) is 5.47. The summed E-state index contributed by atoms with van der Waals surface area (Å²) in [6.45, 7) is 0. The number of benzene rings is 1. The molecule has 0 spiro atoms. The summed E-state index contributed by atoms with van der Waals surface area (Å²) in [7, 11) is 3.41. The Morgan fingerprint density at radius 1 is 1.50 bits per heavy atom. The fraction of sp³-hybridized carbons (Fsp3) is 0.333. The van der Waals surface area contributed by atoms with Crippen LogP contribution in [0.25, 0.3) is 0 Å². The molecule has 1 heterocycles. The largest absolute Gasteiger partial charge is 0.496 e. The zero-order valence-electron chi connectivity index (χ0n) is 10.2. The fourth-order valence-corrected chi connectivity index (χ4v) is 2.25. The second-order valence-corrected chi connectivity index (χ2v) is 4.85. The van der Waals surface area contributed by atoms with Crippen LogP contribution < -0.4 is 4.74 Å². The number of nitrogens with zero attached hydrogens (tertiary/aromatic N) is 3. The number of rotatable bonds is 4. The molecule has 0 saturated heterocycles. The topological polar surface area (TPSA) is 60.2 Å². The van der Waals surface area contributed by atoms with Crippen molar-refractivity contribution in [1.29, 1.82) is 0 Å². The molecule has 0 saturated carbocycles. The van der Waals surface area contributed by atoms with Gasteiger partial charge in [0.05, 0.1) is 23.4 Å². The monoisotopic (exact) mass is 311 g/mol. The second-order valence-electron chi connectivity index (χ2n) is 4.00. The van der Waals surface area contributed by atoms with E-state index in [1.54, 1.807) is 25.0 Å². The highest BCUT2D eigenvalue weighted by atomic mass is 79.9. The van der Waals surface area contributed by atoms with Crippen molar-refractivity contribution in [2.45, 2.75) is 12.5 Å². The fourth-order valence-electron chi connectivity index (χ4n) is 1.69. The van der Waals surface area contributed by atoms with E-state index >= 15 is 0 Å². The van der Waals surface area contributed by atoms with Crippen LogP contribution in [0.5, 0.6) is 5.75 Å². The number of aromatic nitrogens is 3. The van der Waals surface area contributed by atoms with E-state index < -0.39 is 6.10 Å². The van der Waals surface area contributed by atoms with E-state index in [9.17, 15) is 5.11 Å². The zero-order chi connectivity index (χ0) is 13.1. The normalized spacial score (nSPS) is 12.4. The van der Waals surface area contributed by atoms with Crippen LogP contribution >= 0.6 is 15.9 Å². The molecule has 1 aromatic heterocycles. The summed E-state index contributed by atoms with van der Waals surface area (Å²) in [6, 6.07) is 5.50. The Morgan fingerprint density at radius 2 is 2.28 bits per heavy atom. The first-order chi connectivity index (χ1) is 8.60. The van der Waals surface area contributed by atoms with Crippen molar-refractivity contribution in [1.82, 2.24) is 15.0 Å². The van der Waals surface area contributed by atoms with Crippen molar-refractivity contribution in [2.75, 3.05) is 7.11 Å². The van der Waals surface area contributed by atoms with Gasteiger partial charge in [-0.1, -0.05) is 11.3 Å². The molecule has 0 aliphatic heterocycles. The molecule has 1 atom stereocenters. The predicted molar refractivity (Wildman–Crippen MR) is 70.4 cm³/mol. The number of hydrogen-bond acceptors (Lipinski definition) is 4. The van der Waals surface area contributed by atoms with E-state index in [4.69, 9.17) is 4.74 Å². The minimum atomic E-state index is -0.607. The van der Waals surface area contributed by atoms with Crippen molar-refractivity contribution in [3.05, 3.63) is 40.1 Å². The van der Waals surface area contributed by atoms with Crippen LogP contribution in [0.1, 0.15) is 17.4 Å². The average Bonchev–Trinajstić information content (AvgIpc) is 2.74. The Bertz CT molecular complexity index is 542. The molecule has 2 rings (SSSR count).